The molecule has 2 aromatic heterocycles. The van der Waals surface area contributed by atoms with Crippen LogP contribution in [0.15, 0.2) is 36.7 Å². The van der Waals surface area contributed by atoms with Crippen LogP contribution in [0.25, 0.3) is 0 Å². The number of rotatable bonds is 5. The number of hydrogen-bond donors (Lipinski definition) is 2. The average Bonchev–Trinajstić information content (AvgIpc) is 2.62. The summed E-state index contributed by atoms with van der Waals surface area (Å²) in [7, 11) is 0. The monoisotopic (exact) mass is 343 g/mol. The van der Waals surface area contributed by atoms with E-state index in [1.165, 1.54) is 19.3 Å². The summed E-state index contributed by atoms with van der Waals surface area (Å²) >= 11 is 5.11. The molecule has 24 heavy (non-hydrogen) atoms. The molecule has 1 amide bonds. The molecule has 3 rings (SSSR count). The SMILES string of the molecule is O=C(NCc1ccc(OC2CCCCC2)nc1)c1ccc[nH]c1=S. The number of amides is 1. The second-order valence-corrected chi connectivity index (χ2v) is 6.39. The van der Waals surface area contributed by atoms with Gasteiger partial charge in [0, 0.05) is 25.0 Å². The number of carbonyl (C=O) groups is 1. The van der Waals surface area contributed by atoms with Crippen molar-refractivity contribution in [1.29, 1.82) is 0 Å². The van der Waals surface area contributed by atoms with Crippen molar-refractivity contribution in [2.45, 2.75) is 44.8 Å². The van der Waals surface area contributed by atoms with Crippen molar-refractivity contribution in [1.82, 2.24) is 15.3 Å². The summed E-state index contributed by atoms with van der Waals surface area (Å²) in [6.45, 7) is 0.402. The van der Waals surface area contributed by atoms with Crippen molar-refractivity contribution in [3.63, 3.8) is 0 Å². The van der Waals surface area contributed by atoms with Crippen molar-refractivity contribution in [2.24, 2.45) is 0 Å². The third-order valence-electron chi connectivity index (χ3n) is 4.15. The van der Waals surface area contributed by atoms with Crippen LogP contribution in [0.4, 0.5) is 0 Å². The van der Waals surface area contributed by atoms with E-state index in [0.29, 0.717) is 22.6 Å². The number of H-pyrrole nitrogens is 1. The van der Waals surface area contributed by atoms with Gasteiger partial charge in [-0.2, -0.15) is 0 Å². The smallest absolute Gasteiger partial charge is 0.254 e. The van der Waals surface area contributed by atoms with Crippen LogP contribution in [0, 0.1) is 4.64 Å². The molecular weight excluding hydrogens is 322 g/mol. The zero-order valence-corrected chi connectivity index (χ0v) is 14.3. The van der Waals surface area contributed by atoms with Gasteiger partial charge in [-0.3, -0.25) is 4.79 Å². The molecule has 0 atom stereocenters. The van der Waals surface area contributed by atoms with Crippen LogP contribution in [0.1, 0.15) is 48.0 Å². The molecule has 0 unspecified atom stereocenters. The van der Waals surface area contributed by atoms with Crippen LogP contribution in [-0.4, -0.2) is 22.0 Å². The lowest BCUT2D eigenvalue weighted by molar-refractivity contribution is 0.0950. The highest BCUT2D eigenvalue weighted by Gasteiger charge is 2.15. The quantitative estimate of drug-likeness (QED) is 0.811. The summed E-state index contributed by atoms with van der Waals surface area (Å²) in [5, 5.41) is 2.85. The molecule has 6 heteroatoms. The Balaban J connectivity index is 1.53. The zero-order valence-electron chi connectivity index (χ0n) is 13.5. The van der Waals surface area contributed by atoms with Gasteiger partial charge in [0.25, 0.3) is 5.91 Å². The van der Waals surface area contributed by atoms with E-state index in [9.17, 15) is 4.79 Å². The number of pyridine rings is 2. The third kappa shape index (κ3) is 4.41. The molecule has 1 saturated carbocycles. The lowest BCUT2D eigenvalue weighted by Gasteiger charge is -2.22. The van der Waals surface area contributed by atoms with E-state index >= 15 is 0 Å². The van der Waals surface area contributed by atoms with Gasteiger partial charge in [-0.1, -0.05) is 24.7 Å². The van der Waals surface area contributed by atoms with Crippen LogP contribution in [0.2, 0.25) is 0 Å². The summed E-state index contributed by atoms with van der Waals surface area (Å²) in [5.74, 6) is 0.460. The van der Waals surface area contributed by atoms with Crippen LogP contribution >= 0.6 is 12.2 Å². The van der Waals surface area contributed by atoms with Crippen LogP contribution in [0.5, 0.6) is 5.88 Å². The Hall–Kier alpha value is -2.21. The van der Waals surface area contributed by atoms with Gasteiger partial charge in [0.05, 0.1) is 5.56 Å². The van der Waals surface area contributed by atoms with Crippen molar-refractivity contribution in [3.8, 4) is 5.88 Å². The summed E-state index contributed by atoms with van der Waals surface area (Å²) in [4.78, 5) is 19.3. The van der Waals surface area contributed by atoms with E-state index in [0.717, 1.165) is 18.4 Å². The van der Waals surface area contributed by atoms with Crippen molar-refractivity contribution >= 4 is 18.1 Å². The number of aromatic amines is 1. The lowest BCUT2D eigenvalue weighted by atomic mass is 9.98. The first-order valence-electron chi connectivity index (χ1n) is 8.30. The molecule has 0 aliphatic heterocycles. The Morgan fingerprint density at radius 1 is 1.29 bits per heavy atom. The minimum absolute atomic E-state index is 0.195. The molecule has 0 spiro atoms. The van der Waals surface area contributed by atoms with Gasteiger partial charge in [0.15, 0.2) is 0 Å². The predicted molar refractivity (Wildman–Crippen MR) is 94.5 cm³/mol. The highest BCUT2D eigenvalue weighted by Crippen LogP contribution is 2.22. The Labute approximate surface area is 146 Å². The topological polar surface area (TPSA) is 67.0 Å². The number of ether oxygens (including phenoxy) is 1. The van der Waals surface area contributed by atoms with Crippen LogP contribution < -0.4 is 10.1 Å². The lowest BCUT2D eigenvalue weighted by Crippen LogP contribution is -2.23. The Morgan fingerprint density at radius 2 is 2.12 bits per heavy atom. The van der Waals surface area contributed by atoms with Crippen LogP contribution in [-0.2, 0) is 6.54 Å². The largest absolute Gasteiger partial charge is 0.474 e. The Kier molecular flexibility index (Phi) is 5.59. The number of carbonyl (C=O) groups excluding carboxylic acids is 1. The van der Waals surface area contributed by atoms with E-state index in [-0.39, 0.29) is 12.0 Å². The maximum atomic E-state index is 12.1. The average molecular weight is 343 g/mol. The highest BCUT2D eigenvalue weighted by atomic mass is 32.1. The summed E-state index contributed by atoms with van der Waals surface area (Å²) < 4.78 is 6.34. The second-order valence-electron chi connectivity index (χ2n) is 5.98. The van der Waals surface area contributed by atoms with Crippen molar-refractivity contribution < 1.29 is 9.53 Å². The molecule has 2 heterocycles. The number of aromatic nitrogens is 2. The number of hydrogen-bond acceptors (Lipinski definition) is 4. The van der Waals surface area contributed by atoms with Gasteiger partial charge in [-0.05, 0) is 43.4 Å². The molecule has 2 aromatic rings. The fourth-order valence-electron chi connectivity index (χ4n) is 2.82. The Morgan fingerprint density at radius 3 is 2.83 bits per heavy atom. The fraction of sp³-hybridized carbons (Fsp3) is 0.389. The number of nitrogens with zero attached hydrogens (tertiary/aromatic N) is 1. The second kappa shape index (κ2) is 8.06. The third-order valence-corrected chi connectivity index (χ3v) is 4.49. The van der Waals surface area contributed by atoms with Gasteiger partial charge >= 0.3 is 0 Å². The van der Waals surface area contributed by atoms with E-state index < -0.39 is 0 Å². The fourth-order valence-corrected chi connectivity index (χ4v) is 3.05. The standard InChI is InChI=1S/C18H21N3O2S/c22-17(15-7-4-10-19-18(15)24)21-12-13-8-9-16(20-11-13)23-14-5-2-1-3-6-14/h4,7-11,14H,1-3,5-6,12H2,(H,19,24)(H,21,22). The van der Waals surface area contributed by atoms with E-state index in [1.54, 1.807) is 24.5 Å². The molecule has 0 aromatic carbocycles. The van der Waals surface area contributed by atoms with Gasteiger partial charge < -0.3 is 15.0 Å². The van der Waals surface area contributed by atoms with Gasteiger partial charge in [0.2, 0.25) is 5.88 Å². The maximum absolute atomic E-state index is 12.1. The van der Waals surface area contributed by atoms with Crippen molar-refractivity contribution in [2.75, 3.05) is 0 Å². The normalized spacial score (nSPS) is 15.0. The molecule has 1 aliphatic rings. The molecule has 0 radical (unpaired) electrons. The minimum atomic E-state index is -0.195. The maximum Gasteiger partial charge on any atom is 0.254 e. The zero-order chi connectivity index (χ0) is 16.8. The van der Waals surface area contributed by atoms with E-state index in [2.05, 4.69) is 15.3 Å². The summed E-state index contributed by atoms with van der Waals surface area (Å²) in [6, 6.07) is 7.25. The van der Waals surface area contributed by atoms with Gasteiger partial charge in [0.1, 0.15) is 10.7 Å². The molecule has 2 N–H and O–H groups in total. The molecule has 0 saturated heterocycles. The molecule has 5 nitrogen and oxygen atoms in total. The molecule has 1 aliphatic carbocycles. The molecular formula is C18H21N3O2S. The molecule has 126 valence electrons. The van der Waals surface area contributed by atoms with Crippen molar-refractivity contribution in [3.05, 3.63) is 52.4 Å². The number of nitrogens with one attached hydrogen (secondary N) is 2. The minimum Gasteiger partial charge on any atom is -0.474 e. The Bertz CT molecular complexity index is 736. The van der Waals surface area contributed by atoms with Gasteiger partial charge in [-0.25, -0.2) is 4.98 Å². The first kappa shape index (κ1) is 16.6. The van der Waals surface area contributed by atoms with Gasteiger partial charge in [-0.15, -0.1) is 0 Å². The highest BCUT2D eigenvalue weighted by molar-refractivity contribution is 7.71. The summed E-state index contributed by atoms with van der Waals surface area (Å²) in [5.41, 5.74) is 1.39. The first-order valence-corrected chi connectivity index (χ1v) is 8.71. The summed E-state index contributed by atoms with van der Waals surface area (Å²) in [6.07, 6.45) is 9.72. The van der Waals surface area contributed by atoms with Crippen LogP contribution in [0.3, 0.4) is 0 Å². The molecule has 1 fully saturated rings. The van der Waals surface area contributed by atoms with E-state index in [1.807, 2.05) is 12.1 Å². The molecule has 0 bridgehead atoms. The van der Waals surface area contributed by atoms with E-state index in [4.69, 9.17) is 17.0 Å². The first-order chi connectivity index (χ1) is 11.7. The predicted octanol–water partition coefficient (Wildman–Crippen LogP) is 3.78.